The molecule has 6 heterocycles. The molecule has 0 amide bonds. The Bertz CT molecular complexity index is 1420. The van der Waals surface area contributed by atoms with Crippen molar-refractivity contribution in [3.8, 4) is 5.88 Å². The van der Waals surface area contributed by atoms with Crippen LogP contribution in [0.3, 0.4) is 0 Å². The lowest BCUT2D eigenvalue weighted by atomic mass is 9.62. The van der Waals surface area contributed by atoms with Crippen LogP contribution in [0.4, 0.5) is 4.39 Å². The third-order valence-corrected chi connectivity index (χ3v) is 6.64. The Kier molecular flexibility index (Phi) is 4.20. The topological polar surface area (TPSA) is 83.0 Å². The first kappa shape index (κ1) is 20.3. The van der Waals surface area contributed by atoms with Gasteiger partial charge in [-0.1, -0.05) is 0 Å². The molecule has 2 bridgehead atoms. The number of Topliss-reactive ketones (excluding diaryl/α,β-unsaturated/α-hetero) is 1. The summed E-state index contributed by atoms with van der Waals surface area (Å²) in [5.74, 6) is 0.130. The van der Waals surface area contributed by atoms with Gasteiger partial charge in [-0.05, 0) is 45.7 Å². The molecule has 33 heavy (non-hydrogen) atoms. The number of halogens is 1. The van der Waals surface area contributed by atoms with Gasteiger partial charge in [-0.15, -0.1) is 0 Å². The Balaban J connectivity index is 1.38. The molecular formula is C24H24FN5O3. The zero-order valence-corrected chi connectivity index (χ0v) is 18.7. The molecular weight excluding hydrogens is 425 g/mol. The van der Waals surface area contributed by atoms with E-state index < -0.39 is 5.82 Å². The zero-order chi connectivity index (χ0) is 23.0. The van der Waals surface area contributed by atoms with E-state index in [-0.39, 0.29) is 40.4 Å². The van der Waals surface area contributed by atoms with Gasteiger partial charge in [0.25, 0.3) is 0 Å². The molecule has 0 aromatic carbocycles. The Morgan fingerprint density at radius 2 is 2.12 bits per heavy atom. The van der Waals surface area contributed by atoms with Gasteiger partial charge in [0, 0.05) is 36.0 Å². The molecule has 7 rings (SSSR count). The van der Waals surface area contributed by atoms with E-state index >= 15 is 0 Å². The first-order valence-corrected chi connectivity index (χ1v) is 11.1. The van der Waals surface area contributed by atoms with E-state index in [1.54, 1.807) is 12.3 Å². The van der Waals surface area contributed by atoms with E-state index in [1.807, 2.05) is 30.6 Å². The number of fused-ring (bicyclic) bond motifs is 3. The Hall–Kier alpha value is -3.33. The van der Waals surface area contributed by atoms with E-state index in [4.69, 9.17) is 14.5 Å². The molecule has 0 radical (unpaired) electrons. The second-order valence-corrected chi connectivity index (χ2v) is 9.75. The van der Waals surface area contributed by atoms with Crippen molar-refractivity contribution in [1.82, 2.24) is 24.0 Å². The van der Waals surface area contributed by atoms with Crippen molar-refractivity contribution < 1.29 is 18.7 Å². The highest BCUT2D eigenvalue weighted by Gasteiger charge is 2.61. The van der Waals surface area contributed by atoms with Crippen LogP contribution in [0.25, 0.3) is 11.3 Å². The van der Waals surface area contributed by atoms with Gasteiger partial charge in [0.2, 0.25) is 11.7 Å². The summed E-state index contributed by atoms with van der Waals surface area (Å²) >= 11 is 0. The van der Waals surface area contributed by atoms with Gasteiger partial charge in [0.15, 0.2) is 5.78 Å². The predicted octanol–water partition coefficient (Wildman–Crippen LogP) is 3.55. The second-order valence-electron chi connectivity index (χ2n) is 9.75. The Labute approximate surface area is 189 Å². The molecule has 0 atom stereocenters. The predicted molar refractivity (Wildman–Crippen MR) is 117 cm³/mol. The molecule has 0 unspecified atom stereocenters. The van der Waals surface area contributed by atoms with Gasteiger partial charge in [-0.3, -0.25) is 9.20 Å². The van der Waals surface area contributed by atoms with Crippen LogP contribution in [0.1, 0.15) is 55.2 Å². The van der Waals surface area contributed by atoms with Gasteiger partial charge >= 0.3 is 0 Å². The van der Waals surface area contributed by atoms with Crippen LogP contribution in [0.5, 0.6) is 5.88 Å². The van der Waals surface area contributed by atoms with Crippen molar-refractivity contribution in [2.75, 3.05) is 6.61 Å². The van der Waals surface area contributed by atoms with Crippen LogP contribution in [-0.2, 0) is 16.6 Å². The minimum absolute atomic E-state index is 0.000515. The fourth-order valence-corrected chi connectivity index (χ4v) is 5.27. The molecule has 3 fully saturated rings. The van der Waals surface area contributed by atoms with Crippen molar-refractivity contribution in [3.05, 3.63) is 59.6 Å². The molecule has 2 saturated heterocycles. The van der Waals surface area contributed by atoms with Crippen LogP contribution >= 0.6 is 0 Å². The number of rotatable bonds is 6. The fraction of sp³-hybridized carbons (Fsp3) is 0.417. The monoisotopic (exact) mass is 449 g/mol. The zero-order valence-electron chi connectivity index (χ0n) is 18.7. The third kappa shape index (κ3) is 3.13. The average molecular weight is 449 g/mol. The first-order chi connectivity index (χ1) is 15.8. The summed E-state index contributed by atoms with van der Waals surface area (Å²) in [5.41, 5.74) is 1.85. The van der Waals surface area contributed by atoms with Crippen molar-refractivity contribution in [2.24, 2.45) is 0 Å². The quantitative estimate of drug-likeness (QED) is 0.419. The van der Waals surface area contributed by atoms with Crippen LogP contribution < -0.4 is 4.74 Å². The summed E-state index contributed by atoms with van der Waals surface area (Å²) in [4.78, 5) is 22.6. The minimum atomic E-state index is -0.490. The van der Waals surface area contributed by atoms with Crippen LogP contribution in [0.2, 0.25) is 0 Å². The maximum absolute atomic E-state index is 14.4. The van der Waals surface area contributed by atoms with Gasteiger partial charge in [-0.2, -0.15) is 10.1 Å². The average Bonchev–Trinajstić information content (AvgIpc) is 3.48. The van der Waals surface area contributed by atoms with Crippen LogP contribution in [0, 0.1) is 5.82 Å². The minimum Gasteiger partial charge on any atom is -0.475 e. The standard InChI is InChI=1S/C24H24FN5O3/c1-14(2)33-21-15(7-18(31)16-8-26-30-6-4-5-17(25)20(16)30)9-29-10-19(27-22(29)28-21)24-11-23(3,12-24)32-13-24/h4-6,8-10,14H,7,11-13H2,1-3H3. The molecule has 4 aromatic heterocycles. The number of hydrogen-bond acceptors (Lipinski definition) is 6. The number of carbonyl (C=O) groups is 1. The van der Waals surface area contributed by atoms with Crippen molar-refractivity contribution in [2.45, 2.75) is 57.2 Å². The van der Waals surface area contributed by atoms with E-state index in [0.29, 0.717) is 23.8 Å². The SMILES string of the molecule is CC(C)Oc1nc2nc(C34COC(C)(C3)C4)cn2cc1CC(=O)c1cnn2cccc(F)c12. The maximum Gasteiger partial charge on any atom is 0.237 e. The van der Waals surface area contributed by atoms with E-state index in [2.05, 4.69) is 17.0 Å². The Morgan fingerprint density at radius 1 is 1.30 bits per heavy atom. The van der Waals surface area contributed by atoms with Crippen molar-refractivity contribution >= 4 is 17.1 Å². The molecule has 170 valence electrons. The highest BCUT2D eigenvalue weighted by Crippen LogP contribution is 2.58. The van der Waals surface area contributed by atoms with Crippen molar-refractivity contribution in [3.63, 3.8) is 0 Å². The number of pyridine rings is 1. The molecule has 3 aliphatic rings. The second kappa shape index (κ2) is 6.84. The molecule has 4 aromatic rings. The summed E-state index contributed by atoms with van der Waals surface area (Å²) in [5, 5.41) is 4.11. The smallest absolute Gasteiger partial charge is 0.237 e. The highest BCUT2D eigenvalue weighted by atomic mass is 19.1. The van der Waals surface area contributed by atoms with Gasteiger partial charge in [-0.25, -0.2) is 13.9 Å². The number of ether oxygens (including phenoxy) is 2. The number of nitrogens with zero attached hydrogens (tertiary/aromatic N) is 5. The number of hydrogen-bond donors (Lipinski definition) is 0. The summed E-state index contributed by atoms with van der Waals surface area (Å²) in [6, 6.07) is 2.87. The lowest BCUT2D eigenvalue weighted by Gasteiger charge is -2.41. The number of carbonyl (C=O) groups excluding carboxylic acids is 1. The van der Waals surface area contributed by atoms with Gasteiger partial charge < -0.3 is 9.47 Å². The highest BCUT2D eigenvalue weighted by molar-refractivity contribution is 6.03. The summed E-state index contributed by atoms with van der Waals surface area (Å²) < 4.78 is 29.5. The van der Waals surface area contributed by atoms with E-state index in [1.165, 1.54) is 16.8 Å². The summed E-state index contributed by atoms with van der Waals surface area (Å²) in [6.45, 7) is 6.60. The molecule has 2 aliphatic heterocycles. The number of ketones is 1. The van der Waals surface area contributed by atoms with E-state index in [0.717, 1.165) is 18.5 Å². The normalized spacial score (nSPS) is 24.0. The lowest BCUT2D eigenvalue weighted by Crippen LogP contribution is -2.45. The fourth-order valence-electron chi connectivity index (χ4n) is 5.27. The molecule has 9 heteroatoms. The molecule has 1 saturated carbocycles. The molecule has 1 aliphatic carbocycles. The van der Waals surface area contributed by atoms with Gasteiger partial charge in [0.05, 0.1) is 35.8 Å². The first-order valence-electron chi connectivity index (χ1n) is 11.1. The largest absolute Gasteiger partial charge is 0.475 e. The molecule has 0 N–H and O–H groups in total. The molecule has 8 nitrogen and oxygen atoms in total. The van der Waals surface area contributed by atoms with Gasteiger partial charge in [0.1, 0.15) is 11.3 Å². The van der Waals surface area contributed by atoms with Crippen molar-refractivity contribution in [1.29, 1.82) is 0 Å². The summed E-state index contributed by atoms with van der Waals surface area (Å²) in [6.07, 6.45) is 8.58. The summed E-state index contributed by atoms with van der Waals surface area (Å²) in [7, 11) is 0. The number of imidazole rings is 1. The van der Waals surface area contributed by atoms with E-state index in [9.17, 15) is 9.18 Å². The molecule has 0 spiro atoms. The Morgan fingerprint density at radius 3 is 2.85 bits per heavy atom. The lowest BCUT2D eigenvalue weighted by molar-refractivity contribution is 0.0154. The number of aromatic nitrogens is 5. The van der Waals surface area contributed by atoms with Crippen LogP contribution in [-0.4, -0.2) is 48.1 Å². The van der Waals surface area contributed by atoms with Crippen LogP contribution in [0.15, 0.2) is 36.9 Å². The maximum atomic E-state index is 14.4. The third-order valence-electron chi connectivity index (χ3n) is 6.64.